The molecule has 322 valence electrons. The molecule has 2 fully saturated rings. The van der Waals surface area contributed by atoms with Crippen LogP contribution in [0.5, 0.6) is 0 Å². The molecule has 0 bridgehead atoms. The van der Waals surface area contributed by atoms with Gasteiger partial charge in [0, 0.05) is 52.6 Å². The van der Waals surface area contributed by atoms with Crippen LogP contribution in [0.25, 0.3) is 11.1 Å². The van der Waals surface area contributed by atoms with E-state index in [0.717, 1.165) is 33.7 Å². The molecule has 59 heavy (non-hydrogen) atoms. The molecule has 2 aromatic carbocycles. The van der Waals surface area contributed by atoms with Crippen LogP contribution in [0.15, 0.2) is 58.5 Å². The number of ether oxygens (including phenoxy) is 3. The molecule has 0 saturated carbocycles. The van der Waals surface area contributed by atoms with E-state index in [1.54, 1.807) is 21.1 Å². The third-order valence-electron chi connectivity index (χ3n) is 9.77. The maximum atomic E-state index is 13.0. The topological polar surface area (TPSA) is 253 Å². The maximum Gasteiger partial charge on any atom is 0.410 e. The lowest BCUT2D eigenvalue weighted by molar-refractivity contribution is -0.142. The lowest BCUT2D eigenvalue weighted by atomic mass is 9.98. The van der Waals surface area contributed by atoms with Crippen molar-refractivity contribution in [2.75, 3.05) is 62.1 Å². The van der Waals surface area contributed by atoms with Crippen molar-refractivity contribution in [1.82, 2.24) is 30.9 Å². The molecule has 5 amide bonds. The second-order valence-electron chi connectivity index (χ2n) is 13.8. The van der Waals surface area contributed by atoms with Crippen LogP contribution in [-0.4, -0.2) is 149 Å². The molecular weight excluding hydrogens is 765 g/mol. The number of esters is 2. The van der Waals surface area contributed by atoms with Crippen molar-refractivity contribution < 1.29 is 43.0 Å². The standard InChI is InChI=1S/C26H29N3O5.C13H23N5O4.CH6N2/c1-27-15-17(14-24(30)33-2)28-25(31)23-12-7-13-29(23)26(32)34-16-22-20-10-5-3-8-18(20)19-9-4-6-11-21(19)22;1-15-8-9(7-11(19)22-3)16-12(20)10-5-4-6-18(10)13(21)17(2)14;1-3-2/h3-6,8-11,15,17,22-23H,7,12-14,16H2,1-2H3,(H,28,31);8-10H,4-7,14H2,1-3H3,(H,16,20);3H,2H2,1H3/t17-,23-;9-,10-;/m00./s1. The monoisotopic (exact) mass is 822 g/mol. The number of urea groups is 1. The number of hydrogen-bond donors (Lipinski definition) is 5. The third-order valence-corrected chi connectivity index (χ3v) is 9.77. The van der Waals surface area contributed by atoms with Gasteiger partial charge in [-0.1, -0.05) is 48.5 Å². The number of hydrogen-bond acceptors (Lipinski definition) is 14. The largest absolute Gasteiger partial charge is 0.469 e. The number of fused-ring (bicyclic) bond motifs is 3. The quantitative estimate of drug-likeness (QED) is 0.0508. The Balaban J connectivity index is 0.000000322. The maximum absolute atomic E-state index is 13.0. The van der Waals surface area contributed by atoms with Gasteiger partial charge in [-0.25, -0.2) is 15.4 Å². The van der Waals surface area contributed by atoms with Gasteiger partial charge in [0.25, 0.3) is 0 Å². The van der Waals surface area contributed by atoms with Crippen molar-refractivity contribution in [3.8, 4) is 11.1 Å². The number of likely N-dealkylation sites (tertiary alicyclic amines) is 2. The second-order valence-corrected chi connectivity index (χ2v) is 13.8. The molecule has 19 nitrogen and oxygen atoms in total. The smallest absolute Gasteiger partial charge is 0.410 e. The Kier molecular flexibility index (Phi) is 19.4. The van der Waals surface area contributed by atoms with E-state index in [1.165, 1.54) is 43.5 Å². The minimum atomic E-state index is -0.652. The molecular formula is C40H58N10O9. The van der Waals surface area contributed by atoms with Crippen molar-refractivity contribution >= 4 is 48.3 Å². The number of rotatable bonds is 12. The molecule has 0 spiro atoms. The first-order valence-electron chi connectivity index (χ1n) is 19.2. The predicted molar refractivity (Wildman–Crippen MR) is 221 cm³/mol. The van der Waals surface area contributed by atoms with E-state index in [4.69, 9.17) is 10.6 Å². The molecule has 2 aliphatic heterocycles. The van der Waals surface area contributed by atoms with E-state index < -0.39 is 48.2 Å². The van der Waals surface area contributed by atoms with Crippen molar-refractivity contribution in [2.45, 2.75) is 68.6 Å². The molecule has 2 heterocycles. The van der Waals surface area contributed by atoms with Crippen molar-refractivity contribution in [2.24, 2.45) is 21.7 Å². The van der Waals surface area contributed by atoms with Gasteiger partial charge < -0.3 is 29.7 Å². The zero-order valence-electron chi connectivity index (χ0n) is 34.6. The summed E-state index contributed by atoms with van der Waals surface area (Å²) < 4.78 is 15.0. The van der Waals surface area contributed by atoms with Crippen LogP contribution in [0.3, 0.4) is 0 Å². The number of aliphatic imine (C=N–C) groups is 2. The predicted octanol–water partition coefficient (Wildman–Crippen LogP) is 1.35. The Morgan fingerprint density at radius 1 is 0.797 bits per heavy atom. The summed E-state index contributed by atoms with van der Waals surface area (Å²) >= 11 is 0. The molecule has 19 heteroatoms. The van der Waals surface area contributed by atoms with Gasteiger partial charge in [0.15, 0.2) is 0 Å². The molecule has 0 unspecified atom stereocenters. The number of hydrazine groups is 2. The highest BCUT2D eigenvalue weighted by Gasteiger charge is 2.38. The van der Waals surface area contributed by atoms with E-state index in [1.807, 2.05) is 24.3 Å². The summed E-state index contributed by atoms with van der Waals surface area (Å²) in [5, 5.41) is 6.45. The zero-order chi connectivity index (χ0) is 43.5. The van der Waals surface area contributed by atoms with Crippen LogP contribution in [-0.2, 0) is 33.4 Å². The molecule has 5 rings (SSSR count). The van der Waals surface area contributed by atoms with Crippen molar-refractivity contribution in [3.05, 3.63) is 59.7 Å². The van der Waals surface area contributed by atoms with Gasteiger partial charge in [0.1, 0.15) is 18.7 Å². The number of nitrogens with zero attached hydrogens (tertiary/aromatic N) is 5. The van der Waals surface area contributed by atoms with Gasteiger partial charge in [0.2, 0.25) is 11.8 Å². The summed E-state index contributed by atoms with van der Waals surface area (Å²) in [5.74, 6) is 8.42. The fraction of sp³-hybridized carbons (Fsp3) is 0.500. The van der Waals surface area contributed by atoms with E-state index in [9.17, 15) is 28.8 Å². The Bertz CT molecular complexity index is 1760. The van der Waals surface area contributed by atoms with Crippen LogP contribution in [0.1, 0.15) is 55.6 Å². The molecule has 7 N–H and O–H groups in total. The Labute approximate surface area is 344 Å². The lowest BCUT2D eigenvalue weighted by Crippen LogP contribution is -2.53. The molecule has 2 aromatic rings. The molecule has 4 atom stereocenters. The van der Waals surface area contributed by atoms with Crippen LogP contribution in [0, 0.1) is 0 Å². The number of carbonyl (C=O) groups is 6. The van der Waals surface area contributed by atoms with Crippen molar-refractivity contribution in [1.29, 1.82) is 0 Å². The molecule has 1 aliphatic carbocycles. The highest BCUT2D eigenvalue weighted by atomic mass is 16.6. The number of nitrogens with one attached hydrogen (secondary N) is 3. The van der Waals surface area contributed by atoms with Gasteiger partial charge in [0.05, 0.1) is 39.1 Å². The normalized spacial score (nSPS) is 17.7. The minimum absolute atomic E-state index is 0.0168. The zero-order valence-corrected chi connectivity index (χ0v) is 34.6. The molecule has 2 saturated heterocycles. The fourth-order valence-electron chi connectivity index (χ4n) is 7.13. The van der Waals surface area contributed by atoms with Crippen LogP contribution in [0.2, 0.25) is 0 Å². The fourth-order valence-corrected chi connectivity index (χ4v) is 7.13. The van der Waals surface area contributed by atoms with Gasteiger partial charge >= 0.3 is 24.1 Å². The Morgan fingerprint density at radius 2 is 1.22 bits per heavy atom. The first kappa shape index (κ1) is 47.5. The summed E-state index contributed by atoms with van der Waals surface area (Å²) in [6.07, 6.45) is 4.91. The number of methoxy groups -OCH3 is 2. The van der Waals surface area contributed by atoms with Crippen molar-refractivity contribution in [3.63, 3.8) is 0 Å². The van der Waals surface area contributed by atoms with Gasteiger partial charge in [-0.2, -0.15) is 0 Å². The number of benzene rings is 2. The summed E-state index contributed by atoms with van der Waals surface area (Å²) in [6.45, 7) is 1.12. The highest BCUT2D eigenvalue weighted by Crippen LogP contribution is 2.44. The summed E-state index contributed by atoms with van der Waals surface area (Å²) in [4.78, 5) is 83.8. The van der Waals surface area contributed by atoms with E-state index >= 15 is 0 Å². The van der Waals surface area contributed by atoms with Gasteiger partial charge in [-0.15, -0.1) is 0 Å². The van der Waals surface area contributed by atoms with E-state index in [-0.39, 0.29) is 37.2 Å². The summed E-state index contributed by atoms with van der Waals surface area (Å²) in [7, 11) is 8.76. The third kappa shape index (κ3) is 13.3. The summed E-state index contributed by atoms with van der Waals surface area (Å²) in [6, 6.07) is 13.5. The highest BCUT2D eigenvalue weighted by molar-refractivity contribution is 5.91. The van der Waals surface area contributed by atoms with Crippen LogP contribution < -0.4 is 27.7 Å². The van der Waals surface area contributed by atoms with Gasteiger partial charge in [-0.05, 0) is 55.0 Å². The molecule has 0 aromatic heterocycles. The SMILES string of the molecule is CN=C[C@H](CC(=O)OC)NC(=O)[C@@H]1CCCN1C(=O)N(C)N.CN=C[C@H](CC(=O)OC)NC(=O)[C@@H]1CCCN1C(=O)OCC1c2ccccc2-c2ccccc21.CNN. The minimum Gasteiger partial charge on any atom is -0.469 e. The number of amides is 5. The van der Waals surface area contributed by atoms with E-state index in [0.29, 0.717) is 32.4 Å². The van der Waals surface area contributed by atoms with Crippen LogP contribution >= 0.6 is 0 Å². The lowest BCUT2D eigenvalue weighted by Gasteiger charge is -2.27. The average Bonchev–Trinajstić information content (AvgIpc) is 3.99. The Hall–Kier alpha value is -5.92. The van der Waals surface area contributed by atoms with Crippen LogP contribution in [0.4, 0.5) is 9.59 Å². The second kappa shape index (κ2) is 24.1. The van der Waals surface area contributed by atoms with Gasteiger partial charge in [-0.3, -0.25) is 50.3 Å². The first-order chi connectivity index (χ1) is 28.3. The molecule has 0 radical (unpaired) electrons. The average molecular weight is 823 g/mol. The Morgan fingerprint density at radius 3 is 1.64 bits per heavy atom. The number of nitrogens with two attached hydrogens (primary N) is 2. The molecule has 3 aliphatic rings. The number of carbonyl (C=O) groups excluding carboxylic acids is 6. The van der Waals surface area contributed by atoms with E-state index in [2.05, 4.69) is 65.6 Å². The first-order valence-corrected chi connectivity index (χ1v) is 19.2. The summed E-state index contributed by atoms with van der Waals surface area (Å²) in [5.41, 5.74) is 6.84.